The van der Waals surface area contributed by atoms with Crippen LogP contribution in [-0.2, 0) is 22.7 Å². The van der Waals surface area contributed by atoms with Crippen LogP contribution in [0.2, 0.25) is 0 Å². The summed E-state index contributed by atoms with van der Waals surface area (Å²) >= 11 is 0. The van der Waals surface area contributed by atoms with Crippen molar-refractivity contribution in [2.75, 3.05) is 20.3 Å². The Balaban J connectivity index is 1.58. The van der Waals surface area contributed by atoms with Gasteiger partial charge in [0.05, 0.1) is 0 Å². The Hall–Kier alpha value is -4.51. The fraction of sp³-hybridized carbons (Fsp3) is 0.222. The molecule has 3 rings (SSSR count). The minimum atomic E-state index is -0.647. The Morgan fingerprint density at radius 2 is 1.71 bits per heavy atom. The molecule has 0 bridgehead atoms. The van der Waals surface area contributed by atoms with Crippen LogP contribution in [0, 0.1) is 11.3 Å². The first-order valence-corrected chi connectivity index (χ1v) is 11.0. The first-order valence-electron chi connectivity index (χ1n) is 11.0. The Kier molecular flexibility index (Phi) is 9.52. The summed E-state index contributed by atoms with van der Waals surface area (Å²) < 4.78 is 17.2. The number of nitrogens with zero attached hydrogens (tertiary/aromatic N) is 2. The molecule has 0 saturated heterocycles. The molecule has 0 unspecified atom stereocenters. The van der Waals surface area contributed by atoms with Gasteiger partial charge in [0.2, 0.25) is 0 Å². The molecule has 35 heavy (non-hydrogen) atoms. The first kappa shape index (κ1) is 25.1. The van der Waals surface area contributed by atoms with Gasteiger partial charge in [-0.1, -0.05) is 53.7 Å². The van der Waals surface area contributed by atoms with Crippen LogP contribution in [0.4, 0.5) is 0 Å². The number of carbonyl (C=O) groups is 1. The summed E-state index contributed by atoms with van der Waals surface area (Å²) in [6.45, 7) is 0.466. The van der Waals surface area contributed by atoms with Crippen LogP contribution < -0.4 is 14.2 Å². The topological polar surface area (TPSA) is 113 Å². The Morgan fingerprint density at radius 3 is 2.40 bits per heavy atom. The number of carbonyl (C=O) groups excluding carboxylic acids is 1. The van der Waals surface area contributed by atoms with Gasteiger partial charge in [-0.25, -0.2) is 0 Å². The van der Waals surface area contributed by atoms with E-state index in [0.29, 0.717) is 36.0 Å². The number of oxime groups is 1. The van der Waals surface area contributed by atoms with Crippen LogP contribution >= 0.6 is 0 Å². The lowest BCUT2D eigenvalue weighted by Crippen LogP contribution is -2.13. The Labute approximate surface area is 203 Å². The number of hydrogen-bond acceptors (Lipinski definition) is 7. The molecule has 2 N–H and O–H groups in total. The fourth-order valence-corrected chi connectivity index (χ4v) is 3.23. The van der Waals surface area contributed by atoms with E-state index in [-0.39, 0.29) is 19.6 Å². The molecule has 3 aromatic rings. The lowest BCUT2D eigenvalue weighted by molar-refractivity contribution is -0.136. The average molecular weight is 476 g/mol. The van der Waals surface area contributed by atoms with Crippen molar-refractivity contribution in [3.8, 4) is 23.3 Å². The number of aryl methyl sites for hydroxylation is 1. The van der Waals surface area contributed by atoms with Crippen molar-refractivity contribution in [3.05, 3.63) is 89.5 Å². The minimum absolute atomic E-state index is 0.0850. The van der Waals surface area contributed by atoms with Crippen molar-refractivity contribution in [1.29, 1.82) is 5.26 Å². The average Bonchev–Trinajstić information content (AvgIpc) is 2.89. The Bertz CT molecular complexity index is 1170. The highest BCUT2D eigenvalue weighted by Gasteiger charge is 2.12. The van der Waals surface area contributed by atoms with E-state index in [1.807, 2.05) is 60.7 Å². The smallest absolute Gasteiger partial charge is 0.516 e. The van der Waals surface area contributed by atoms with E-state index in [1.165, 1.54) is 7.11 Å². The van der Waals surface area contributed by atoms with Gasteiger partial charge in [-0.05, 0) is 35.7 Å². The van der Waals surface area contributed by atoms with Gasteiger partial charge >= 0.3 is 5.97 Å². The van der Waals surface area contributed by atoms with Gasteiger partial charge in [0.1, 0.15) is 55.8 Å². The highest BCUT2D eigenvalue weighted by molar-refractivity contribution is 6.01. The number of nitriles is 1. The summed E-state index contributed by atoms with van der Waals surface area (Å²) in [6, 6.07) is 24.4. The fourth-order valence-electron chi connectivity index (χ4n) is 3.23. The van der Waals surface area contributed by atoms with Crippen LogP contribution in [0.1, 0.15) is 23.1 Å². The molecular formula is C27H27N2O6+. The third-order valence-electron chi connectivity index (χ3n) is 4.97. The molecule has 0 fully saturated rings. The van der Waals surface area contributed by atoms with Gasteiger partial charge in [-0.2, -0.15) is 5.26 Å². The Morgan fingerprint density at radius 1 is 0.971 bits per heavy atom. The molecule has 8 nitrogen and oxygen atoms in total. The van der Waals surface area contributed by atoms with Gasteiger partial charge in [-0.15, -0.1) is 0 Å². The molecule has 180 valence electrons. The summed E-state index contributed by atoms with van der Waals surface area (Å²) in [5, 5.41) is 20.0. The second-order valence-electron chi connectivity index (χ2n) is 7.45. The van der Waals surface area contributed by atoms with Crippen molar-refractivity contribution in [1.82, 2.24) is 0 Å². The molecule has 0 saturated carbocycles. The third kappa shape index (κ3) is 8.09. The highest BCUT2D eigenvalue weighted by atomic mass is 16.6. The second kappa shape index (κ2) is 13.3. The predicted octanol–water partition coefficient (Wildman–Crippen LogP) is 3.78. The van der Waals surface area contributed by atoms with Gasteiger partial charge in [0.25, 0.3) is 0 Å². The molecule has 0 spiro atoms. The van der Waals surface area contributed by atoms with Crippen molar-refractivity contribution in [3.63, 3.8) is 0 Å². The summed E-state index contributed by atoms with van der Waals surface area (Å²) in [6.07, 6.45) is 0.452. The van der Waals surface area contributed by atoms with E-state index in [4.69, 9.17) is 29.4 Å². The molecule has 3 aromatic carbocycles. The monoisotopic (exact) mass is 475 g/mol. The summed E-state index contributed by atoms with van der Waals surface area (Å²) in [5.41, 5.74) is 3.30. The molecule has 8 heteroatoms. The van der Waals surface area contributed by atoms with Crippen molar-refractivity contribution < 1.29 is 28.9 Å². The van der Waals surface area contributed by atoms with E-state index < -0.39 is 5.97 Å². The van der Waals surface area contributed by atoms with Crippen LogP contribution in [0.25, 0.3) is 0 Å². The maximum absolute atomic E-state index is 11.0. The molecule has 0 aliphatic carbocycles. The van der Waals surface area contributed by atoms with E-state index in [1.54, 1.807) is 18.2 Å². The highest BCUT2D eigenvalue weighted by Crippen LogP contribution is 2.27. The van der Waals surface area contributed by atoms with Crippen LogP contribution in [0.3, 0.4) is 0 Å². The summed E-state index contributed by atoms with van der Waals surface area (Å²) in [5.74, 6) is 1.09. The molecule has 0 radical (unpaired) electrons. The quantitative estimate of drug-likeness (QED) is 0.211. The van der Waals surface area contributed by atoms with Crippen LogP contribution in [0.15, 0.2) is 78.0 Å². The molecule has 0 atom stereocenters. The number of rotatable bonds is 13. The van der Waals surface area contributed by atoms with Crippen LogP contribution in [-0.4, -0.2) is 37.1 Å². The van der Waals surface area contributed by atoms with Gasteiger partial charge in [0.15, 0.2) is 6.61 Å². The molecule has 0 aromatic heterocycles. The zero-order valence-electron chi connectivity index (χ0n) is 19.4. The lowest BCUT2D eigenvalue weighted by atomic mass is 10.1. The predicted molar refractivity (Wildman–Crippen MR) is 131 cm³/mol. The lowest BCUT2D eigenvalue weighted by Gasteiger charge is -2.12. The van der Waals surface area contributed by atoms with E-state index in [9.17, 15) is 4.79 Å². The molecule has 0 amide bonds. The number of benzene rings is 3. The largest absolute Gasteiger partial charge is 0.565 e. The van der Waals surface area contributed by atoms with Gasteiger partial charge < -0.3 is 24.2 Å². The molecule has 0 heterocycles. The molecular weight excluding hydrogens is 448 g/mol. The van der Waals surface area contributed by atoms with E-state index >= 15 is 0 Å². The number of hydrogen-bond donors (Lipinski definition) is 0. The summed E-state index contributed by atoms with van der Waals surface area (Å²) in [7, 11) is 1.50. The maximum Gasteiger partial charge on any atom is 0.516 e. The van der Waals surface area contributed by atoms with Crippen LogP contribution in [0.5, 0.6) is 17.2 Å². The van der Waals surface area contributed by atoms with Crippen molar-refractivity contribution in [2.24, 2.45) is 5.16 Å². The van der Waals surface area contributed by atoms with Gasteiger partial charge in [-0.3, -0.25) is 0 Å². The zero-order chi connectivity index (χ0) is 24.9. The normalized spacial score (nSPS) is 10.8. The molecule has 0 aliphatic heterocycles. The second-order valence-corrected chi connectivity index (χ2v) is 7.45. The summed E-state index contributed by atoms with van der Waals surface area (Å²) in [4.78, 5) is 15.9. The zero-order valence-corrected chi connectivity index (χ0v) is 19.4. The minimum Gasteiger partial charge on any atom is -0.565 e. The third-order valence-corrected chi connectivity index (χ3v) is 4.97. The maximum atomic E-state index is 11.0. The number of ether oxygens (including phenoxy) is 3. The first-order chi connectivity index (χ1) is 17.1. The van der Waals surface area contributed by atoms with Crippen molar-refractivity contribution >= 4 is 11.7 Å². The molecule has 0 aliphatic rings. The van der Waals surface area contributed by atoms with E-state index in [2.05, 4.69) is 5.16 Å². The SMILES string of the molecule is CO/N=C(\COc1ccc(COc2ccc(CCC(=O)[OH2+])c(OCC#N)c2)cc1)c1ccccc1. The standard InChI is InChI=1S/C27H26N2O6/c1-32-29-25(21-5-3-2-4-6-21)19-35-23-11-7-20(8-12-23)18-34-24-13-9-22(10-14-27(30)31)26(17-24)33-16-15-28/h2-9,11-13,17H,10,14,16,18-19H2,1H3,(H,30,31)/p+1/b29-25+. The van der Waals surface area contributed by atoms with E-state index in [0.717, 1.165) is 16.7 Å². The van der Waals surface area contributed by atoms with Crippen molar-refractivity contribution in [2.45, 2.75) is 19.4 Å². The van der Waals surface area contributed by atoms with Gasteiger partial charge in [0, 0.05) is 16.4 Å².